The van der Waals surface area contributed by atoms with E-state index in [1.54, 1.807) is 29.6 Å². The summed E-state index contributed by atoms with van der Waals surface area (Å²) in [5.41, 5.74) is 1.09. The fourth-order valence-corrected chi connectivity index (χ4v) is 3.06. The van der Waals surface area contributed by atoms with Crippen molar-refractivity contribution in [2.45, 2.75) is 13.5 Å². The van der Waals surface area contributed by atoms with Crippen LogP contribution in [0.5, 0.6) is 0 Å². The fourth-order valence-electron chi connectivity index (χ4n) is 2.44. The first-order valence-corrected chi connectivity index (χ1v) is 9.11. The Morgan fingerprint density at radius 3 is 2.70 bits per heavy atom. The van der Waals surface area contributed by atoms with E-state index in [9.17, 15) is 14.4 Å². The van der Waals surface area contributed by atoms with E-state index < -0.39 is 24.4 Å². The summed E-state index contributed by atoms with van der Waals surface area (Å²) in [6.07, 6.45) is 0. The van der Waals surface area contributed by atoms with E-state index in [-0.39, 0.29) is 12.4 Å². The number of thiophene rings is 1. The van der Waals surface area contributed by atoms with Gasteiger partial charge in [-0.1, -0.05) is 24.3 Å². The molecule has 2 amide bonds. The van der Waals surface area contributed by atoms with Gasteiger partial charge in [0.1, 0.15) is 5.58 Å². The van der Waals surface area contributed by atoms with Crippen molar-refractivity contribution in [3.05, 3.63) is 58.0 Å². The molecular weight excluding hydrogens is 370 g/mol. The van der Waals surface area contributed by atoms with Gasteiger partial charge in [-0.25, -0.2) is 4.79 Å². The van der Waals surface area contributed by atoms with Crippen LogP contribution in [0.2, 0.25) is 0 Å². The zero-order valence-corrected chi connectivity index (χ0v) is 15.3. The maximum Gasteiger partial charge on any atom is 0.375 e. The predicted molar refractivity (Wildman–Crippen MR) is 98.6 cm³/mol. The van der Waals surface area contributed by atoms with Crippen LogP contribution in [-0.4, -0.2) is 31.0 Å². The molecule has 2 heterocycles. The second kappa shape index (κ2) is 8.61. The van der Waals surface area contributed by atoms with Gasteiger partial charge in [0, 0.05) is 17.6 Å². The molecule has 1 N–H and O–H groups in total. The zero-order valence-electron chi connectivity index (χ0n) is 14.5. The van der Waals surface area contributed by atoms with Crippen LogP contribution >= 0.6 is 11.3 Å². The molecule has 3 aromatic rings. The number of fused-ring (bicyclic) bond motifs is 1. The summed E-state index contributed by atoms with van der Waals surface area (Å²) in [5.74, 6) is -2.06. The molecule has 27 heavy (non-hydrogen) atoms. The quantitative estimate of drug-likeness (QED) is 0.626. The predicted octanol–water partition coefficient (Wildman–Crippen LogP) is 3.14. The zero-order chi connectivity index (χ0) is 19.2. The third-order valence-corrected chi connectivity index (χ3v) is 4.54. The van der Waals surface area contributed by atoms with Crippen LogP contribution in [0.25, 0.3) is 11.0 Å². The van der Waals surface area contributed by atoms with Gasteiger partial charge in [-0.3, -0.25) is 14.9 Å². The van der Waals surface area contributed by atoms with Crippen molar-refractivity contribution in [2.75, 3.05) is 13.2 Å². The van der Waals surface area contributed by atoms with E-state index in [1.165, 1.54) is 11.3 Å². The molecule has 0 aliphatic rings. The molecule has 0 fully saturated rings. The summed E-state index contributed by atoms with van der Waals surface area (Å²) in [6, 6.07) is 10.4. The number of hydrogen-bond donors (Lipinski definition) is 1. The van der Waals surface area contributed by atoms with Crippen molar-refractivity contribution in [1.82, 2.24) is 5.32 Å². The monoisotopic (exact) mass is 387 g/mol. The van der Waals surface area contributed by atoms with Gasteiger partial charge >= 0.3 is 5.97 Å². The summed E-state index contributed by atoms with van der Waals surface area (Å²) in [5, 5.41) is 4.63. The van der Waals surface area contributed by atoms with E-state index in [0.717, 1.165) is 5.39 Å². The average Bonchev–Trinajstić information content (AvgIpc) is 3.32. The van der Waals surface area contributed by atoms with Crippen molar-refractivity contribution in [1.29, 1.82) is 0 Å². The van der Waals surface area contributed by atoms with Crippen LogP contribution < -0.4 is 5.32 Å². The van der Waals surface area contributed by atoms with Crippen LogP contribution in [0.3, 0.4) is 0 Å². The van der Waals surface area contributed by atoms with Crippen molar-refractivity contribution >= 4 is 40.1 Å². The molecule has 0 unspecified atom stereocenters. The Bertz CT molecular complexity index is 960. The summed E-state index contributed by atoms with van der Waals surface area (Å²) < 4.78 is 16.0. The maximum atomic E-state index is 12.4. The van der Waals surface area contributed by atoms with Crippen molar-refractivity contribution in [2.24, 2.45) is 0 Å². The van der Waals surface area contributed by atoms with Crippen LogP contribution in [-0.2, 0) is 20.9 Å². The van der Waals surface area contributed by atoms with Crippen molar-refractivity contribution in [3.63, 3.8) is 0 Å². The Labute approximate surface area is 158 Å². The Hall–Kier alpha value is -2.97. The van der Waals surface area contributed by atoms with E-state index in [4.69, 9.17) is 13.9 Å². The lowest BCUT2D eigenvalue weighted by molar-refractivity contribution is -0.123. The number of esters is 1. The molecule has 0 saturated heterocycles. The van der Waals surface area contributed by atoms with Gasteiger partial charge in [-0.2, -0.15) is 0 Å². The highest BCUT2D eigenvalue weighted by Gasteiger charge is 2.23. The van der Waals surface area contributed by atoms with E-state index in [1.807, 2.05) is 19.1 Å². The molecule has 0 spiro atoms. The number of carbonyl (C=O) groups is 3. The molecule has 0 saturated carbocycles. The Balaban J connectivity index is 1.67. The second-order valence-corrected chi connectivity index (χ2v) is 6.42. The van der Waals surface area contributed by atoms with Gasteiger partial charge < -0.3 is 13.9 Å². The highest BCUT2D eigenvalue weighted by Crippen LogP contribution is 2.27. The highest BCUT2D eigenvalue weighted by molar-refractivity contribution is 7.12. The number of amides is 2. The van der Waals surface area contributed by atoms with Gasteiger partial charge in [-0.05, 0) is 24.4 Å². The lowest BCUT2D eigenvalue weighted by Crippen LogP contribution is -2.33. The molecule has 8 heteroatoms. The first kappa shape index (κ1) is 18.8. The number of benzene rings is 1. The number of nitrogens with one attached hydrogen (secondary N) is 1. The van der Waals surface area contributed by atoms with Crippen LogP contribution in [0, 0.1) is 0 Å². The largest absolute Gasteiger partial charge is 0.450 e. The van der Waals surface area contributed by atoms with Crippen molar-refractivity contribution < 1.29 is 28.3 Å². The molecule has 140 valence electrons. The number of furan rings is 1. The number of carbonyl (C=O) groups excluding carboxylic acids is 3. The number of para-hydroxylation sites is 1. The van der Waals surface area contributed by atoms with Gasteiger partial charge in [0.2, 0.25) is 5.76 Å². The summed E-state index contributed by atoms with van der Waals surface area (Å²) in [4.78, 5) is 36.5. The van der Waals surface area contributed by atoms with E-state index in [2.05, 4.69) is 5.32 Å². The van der Waals surface area contributed by atoms with Crippen LogP contribution in [0.4, 0.5) is 0 Å². The maximum absolute atomic E-state index is 12.4. The number of imide groups is 1. The SMILES string of the molecule is CCOCc1c(C(=O)OCC(=O)NC(=O)c2cccs2)oc2ccccc12. The standard InChI is InChI=1S/C19H17NO6S/c1-2-24-10-13-12-6-3-4-7-14(12)26-17(13)19(23)25-11-16(21)20-18(22)15-8-5-9-27-15/h3-9H,2,10-11H2,1H3,(H,20,21,22). The minimum Gasteiger partial charge on any atom is -0.450 e. The Morgan fingerprint density at radius 2 is 1.96 bits per heavy atom. The fraction of sp³-hybridized carbons (Fsp3) is 0.211. The smallest absolute Gasteiger partial charge is 0.375 e. The highest BCUT2D eigenvalue weighted by atomic mass is 32.1. The first-order valence-electron chi connectivity index (χ1n) is 8.23. The third-order valence-electron chi connectivity index (χ3n) is 3.67. The topological polar surface area (TPSA) is 94.8 Å². The van der Waals surface area contributed by atoms with Gasteiger partial charge in [0.25, 0.3) is 11.8 Å². The van der Waals surface area contributed by atoms with Gasteiger partial charge in [-0.15, -0.1) is 11.3 Å². The summed E-state index contributed by atoms with van der Waals surface area (Å²) >= 11 is 1.21. The molecule has 0 aliphatic carbocycles. The summed E-state index contributed by atoms with van der Waals surface area (Å²) in [6.45, 7) is 1.90. The molecule has 0 atom stereocenters. The lowest BCUT2D eigenvalue weighted by atomic mass is 10.1. The van der Waals surface area contributed by atoms with Crippen LogP contribution in [0.1, 0.15) is 32.7 Å². The molecule has 0 radical (unpaired) electrons. The number of ether oxygens (including phenoxy) is 2. The molecule has 1 aromatic carbocycles. The van der Waals surface area contributed by atoms with Gasteiger partial charge in [0.15, 0.2) is 6.61 Å². The van der Waals surface area contributed by atoms with Crippen LogP contribution in [0.15, 0.2) is 46.2 Å². The Morgan fingerprint density at radius 1 is 1.15 bits per heavy atom. The Kier molecular flexibility index (Phi) is 6.00. The summed E-state index contributed by atoms with van der Waals surface area (Å²) in [7, 11) is 0. The normalized spacial score (nSPS) is 10.7. The molecule has 3 rings (SSSR count). The lowest BCUT2D eigenvalue weighted by Gasteiger charge is -2.05. The second-order valence-electron chi connectivity index (χ2n) is 5.47. The minimum atomic E-state index is -0.792. The van der Waals surface area contributed by atoms with E-state index in [0.29, 0.717) is 22.6 Å². The molecule has 7 nitrogen and oxygen atoms in total. The first-order chi connectivity index (χ1) is 13.1. The molecule has 0 aliphatic heterocycles. The minimum absolute atomic E-state index is 0.0120. The number of hydrogen-bond acceptors (Lipinski definition) is 7. The van der Waals surface area contributed by atoms with E-state index >= 15 is 0 Å². The molecule has 2 aromatic heterocycles. The van der Waals surface area contributed by atoms with Gasteiger partial charge in [0.05, 0.1) is 11.5 Å². The molecular formula is C19H17NO6S. The number of rotatable bonds is 7. The molecule has 0 bridgehead atoms. The average molecular weight is 387 g/mol. The van der Waals surface area contributed by atoms with Crippen molar-refractivity contribution in [3.8, 4) is 0 Å². The third kappa shape index (κ3) is 4.42.